The van der Waals surface area contributed by atoms with Crippen LogP contribution in [0, 0.1) is 0 Å². The highest BCUT2D eigenvalue weighted by molar-refractivity contribution is 9.11. The molecule has 1 aliphatic rings. The van der Waals surface area contributed by atoms with Crippen molar-refractivity contribution in [2.45, 2.75) is 44.3 Å². The van der Waals surface area contributed by atoms with Crippen LogP contribution in [0.25, 0.3) is 0 Å². The van der Waals surface area contributed by atoms with Gasteiger partial charge in [-0.2, -0.15) is 0 Å². The monoisotopic (exact) mass is 377 g/mol. The molecule has 0 aromatic heterocycles. The maximum absolute atomic E-state index is 9.51. The van der Waals surface area contributed by atoms with Crippen LogP contribution in [-0.4, -0.2) is 17.3 Å². The van der Waals surface area contributed by atoms with Gasteiger partial charge in [0, 0.05) is 24.2 Å². The van der Waals surface area contributed by atoms with Gasteiger partial charge in [-0.05, 0) is 59.3 Å². The molecule has 4 N–H and O–H groups in total. The van der Waals surface area contributed by atoms with Crippen LogP contribution in [0.3, 0.4) is 0 Å². The molecule has 0 aliphatic heterocycles. The summed E-state index contributed by atoms with van der Waals surface area (Å²) in [5.41, 5.74) is 6.80. The molecule has 100 valence electrons. The van der Waals surface area contributed by atoms with Gasteiger partial charge in [0.05, 0.1) is 11.8 Å². The van der Waals surface area contributed by atoms with E-state index in [1.54, 1.807) is 12.1 Å². The lowest BCUT2D eigenvalue weighted by molar-refractivity contribution is 0.116. The van der Waals surface area contributed by atoms with E-state index in [1.165, 1.54) is 0 Å². The smallest absolute Gasteiger partial charge is 0.0541 e. The van der Waals surface area contributed by atoms with Gasteiger partial charge in [0.15, 0.2) is 0 Å². The van der Waals surface area contributed by atoms with Crippen LogP contribution in [0.15, 0.2) is 21.1 Å². The Morgan fingerprint density at radius 2 is 2.00 bits per heavy atom. The first-order valence-corrected chi connectivity index (χ1v) is 7.59. The summed E-state index contributed by atoms with van der Waals surface area (Å²) in [5, 5.41) is 12.5. The minimum absolute atomic E-state index is 0.0607. The fraction of sp³-hybridized carbons (Fsp3) is 0.538. The summed E-state index contributed by atoms with van der Waals surface area (Å²) >= 11 is 6.70. The summed E-state index contributed by atoms with van der Waals surface area (Å²) in [6.07, 6.45) is 2.73. The van der Waals surface area contributed by atoms with Crippen molar-refractivity contribution in [1.82, 2.24) is 5.32 Å². The maximum Gasteiger partial charge on any atom is 0.0541 e. The first kappa shape index (κ1) is 11.7. The number of hydrogen-bond acceptors (Lipinski definition) is 3. The third kappa shape index (κ3) is 3.70. The number of hydrogen-bond donors (Lipinski definition) is 3. The molecule has 0 radical (unpaired) electrons. The zero-order chi connectivity index (χ0) is 14.9. The number of aliphatic hydroxyl groups excluding tert-OH is 1. The topological polar surface area (TPSA) is 58.3 Å². The highest BCUT2D eigenvalue weighted by Gasteiger charge is 2.19. The number of nitrogen functional groups attached to an aromatic ring is 1. The van der Waals surface area contributed by atoms with E-state index in [0.717, 1.165) is 17.3 Å². The van der Waals surface area contributed by atoms with Crippen molar-refractivity contribution >= 4 is 37.5 Å². The van der Waals surface area contributed by atoms with Crippen LogP contribution in [0.4, 0.5) is 5.69 Å². The molecule has 1 aromatic rings. The first-order valence-electron chi connectivity index (χ1n) is 7.00. The lowest BCUT2D eigenvalue weighted by atomic mass is 9.93. The highest BCUT2D eigenvalue weighted by atomic mass is 79.9. The third-order valence-corrected chi connectivity index (χ3v) is 4.32. The average Bonchev–Trinajstić information content (AvgIpc) is 2.36. The molecule has 1 aromatic carbocycles. The number of anilines is 1. The van der Waals surface area contributed by atoms with E-state index in [2.05, 4.69) is 37.2 Å². The number of halogens is 2. The molecular weight excluding hydrogens is 361 g/mol. The lowest BCUT2D eigenvalue weighted by Gasteiger charge is -2.26. The molecular formula is C13H18Br2N2O. The summed E-state index contributed by atoms with van der Waals surface area (Å²) in [5.74, 6) is 0. The van der Waals surface area contributed by atoms with Gasteiger partial charge in [-0.15, -0.1) is 0 Å². The largest absolute Gasteiger partial charge is 0.398 e. The molecule has 1 fully saturated rings. The summed E-state index contributed by atoms with van der Waals surface area (Å²) < 4.78 is 18.0. The minimum atomic E-state index is -1.71. The molecule has 18 heavy (non-hydrogen) atoms. The highest BCUT2D eigenvalue weighted by Crippen LogP contribution is 2.28. The number of aliphatic hydroxyl groups is 1. The third-order valence-electron chi connectivity index (χ3n) is 3.20. The molecule has 5 heteroatoms. The molecule has 1 saturated carbocycles. The predicted molar refractivity (Wildman–Crippen MR) is 81.4 cm³/mol. The van der Waals surface area contributed by atoms with Gasteiger partial charge in [-0.3, -0.25) is 0 Å². The summed E-state index contributed by atoms with van der Waals surface area (Å²) in [6.45, 7) is -1.71. The van der Waals surface area contributed by atoms with Gasteiger partial charge in [0.2, 0.25) is 0 Å². The number of rotatable bonds is 3. The second-order valence-corrected chi connectivity index (χ2v) is 6.39. The van der Waals surface area contributed by atoms with Crippen LogP contribution in [-0.2, 0) is 6.50 Å². The number of nitrogens with one attached hydrogen (secondary N) is 1. The van der Waals surface area contributed by atoms with E-state index in [-0.39, 0.29) is 12.1 Å². The Kier molecular flexibility index (Phi) is 4.14. The Labute approximate surface area is 127 Å². The Morgan fingerprint density at radius 1 is 1.33 bits per heavy atom. The Morgan fingerprint density at radius 3 is 2.67 bits per heavy atom. The Balaban J connectivity index is 2.18. The SMILES string of the molecule is [1H][13C]([1H])(NC1CCC(O)CC1)c1cc(Br)cc(Br)c1N. The molecule has 3 nitrogen and oxygen atoms in total. The Hall–Kier alpha value is -0.100. The van der Waals surface area contributed by atoms with Gasteiger partial charge in [0.1, 0.15) is 0 Å². The lowest BCUT2D eigenvalue weighted by Crippen LogP contribution is -2.34. The van der Waals surface area contributed by atoms with E-state index in [1.807, 2.05) is 0 Å². The normalized spacial score (nSPS) is 26.6. The van der Waals surface area contributed by atoms with Gasteiger partial charge in [-0.1, -0.05) is 15.9 Å². The minimum Gasteiger partial charge on any atom is -0.398 e. The molecule has 0 saturated heterocycles. The molecule has 0 amide bonds. The van der Waals surface area contributed by atoms with Crippen LogP contribution >= 0.6 is 31.9 Å². The summed E-state index contributed by atoms with van der Waals surface area (Å²) in [4.78, 5) is 0. The zero-order valence-corrected chi connectivity index (χ0v) is 13.1. The van der Waals surface area contributed by atoms with Gasteiger partial charge in [0.25, 0.3) is 0 Å². The molecule has 0 heterocycles. The molecule has 0 bridgehead atoms. The van der Waals surface area contributed by atoms with Gasteiger partial charge < -0.3 is 16.2 Å². The van der Waals surface area contributed by atoms with Crippen molar-refractivity contribution in [1.29, 1.82) is 0 Å². The van der Waals surface area contributed by atoms with Gasteiger partial charge in [-0.25, -0.2) is 0 Å². The van der Waals surface area contributed by atoms with E-state index in [9.17, 15) is 5.11 Å². The Bertz CT molecular complexity index is 492. The van der Waals surface area contributed by atoms with Crippen molar-refractivity contribution < 1.29 is 7.85 Å². The zero-order valence-electron chi connectivity index (χ0n) is 11.9. The van der Waals surface area contributed by atoms with Crippen LogP contribution in [0.5, 0.6) is 0 Å². The number of benzene rings is 1. The molecule has 1 aliphatic carbocycles. The molecule has 2 rings (SSSR count). The van der Waals surface area contributed by atoms with Crippen molar-refractivity contribution in [2.24, 2.45) is 0 Å². The number of nitrogens with two attached hydrogens (primary N) is 1. The van der Waals surface area contributed by atoms with Gasteiger partial charge >= 0.3 is 0 Å². The summed E-state index contributed by atoms with van der Waals surface area (Å²) in [7, 11) is 0. The van der Waals surface area contributed by atoms with Crippen molar-refractivity contribution in [3.05, 3.63) is 26.6 Å². The first-order chi connectivity index (χ1) is 9.29. The van der Waals surface area contributed by atoms with Crippen LogP contribution in [0.1, 0.15) is 34.0 Å². The molecule has 0 atom stereocenters. The second-order valence-electron chi connectivity index (χ2n) is 4.62. The van der Waals surface area contributed by atoms with E-state index in [0.29, 0.717) is 28.6 Å². The van der Waals surface area contributed by atoms with E-state index < -0.39 is 6.50 Å². The second kappa shape index (κ2) is 6.37. The summed E-state index contributed by atoms with van der Waals surface area (Å²) in [6, 6.07) is 3.56. The van der Waals surface area contributed by atoms with Crippen molar-refractivity contribution in [2.75, 3.05) is 5.73 Å². The van der Waals surface area contributed by atoms with Crippen molar-refractivity contribution in [3.8, 4) is 0 Å². The quantitative estimate of drug-likeness (QED) is 0.559. The van der Waals surface area contributed by atoms with E-state index in [4.69, 9.17) is 8.48 Å². The average molecular weight is 379 g/mol. The standard InChI is InChI=1S/C13H18Br2N2O/c14-9-5-8(13(16)12(15)6-9)7-17-10-1-3-11(18)4-2-10/h5-6,10-11,17-18H,1-4,7,16H2/i7+1H2. The predicted octanol–water partition coefficient (Wildman–Crippen LogP) is 3.19. The molecule has 0 spiro atoms. The fourth-order valence-electron chi connectivity index (χ4n) is 2.09. The van der Waals surface area contributed by atoms with E-state index >= 15 is 0 Å². The molecule has 0 unspecified atom stereocenters. The van der Waals surface area contributed by atoms with Crippen molar-refractivity contribution in [3.63, 3.8) is 0 Å². The maximum atomic E-state index is 9.51. The van der Waals surface area contributed by atoms with Crippen LogP contribution < -0.4 is 11.1 Å². The van der Waals surface area contributed by atoms with Crippen LogP contribution in [0.2, 0.25) is 0 Å². The fourth-order valence-corrected chi connectivity index (χ4v) is 3.31.